The first-order valence-electron chi connectivity index (χ1n) is 5.44. The molecule has 2 aliphatic rings. The van der Waals surface area contributed by atoms with E-state index in [0.29, 0.717) is 0 Å². The lowest BCUT2D eigenvalue weighted by Crippen LogP contribution is -2.38. The normalized spacial score (nSPS) is 20.2. The van der Waals surface area contributed by atoms with Crippen LogP contribution in [0, 0.1) is 5.92 Å². The zero-order valence-corrected chi connectivity index (χ0v) is 9.33. The molecular formula is C12H14ClNO. The maximum atomic E-state index is 6.17. The minimum Gasteiger partial charge on any atom is -0.381 e. The van der Waals surface area contributed by atoms with Gasteiger partial charge in [-0.3, -0.25) is 0 Å². The summed E-state index contributed by atoms with van der Waals surface area (Å²) < 4.78 is 5.20. The highest BCUT2D eigenvalue weighted by molar-refractivity contribution is 6.31. The van der Waals surface area contributed by atoms with Crippen molar-refractivity contribution in [3.63, 3.8) is 0 Å². The minimum absolute atomic E-state index is 0.718. The summed E-state index contributed by atoms with van der Waals surface area (Å²) in [5.74, 6) is 0.718. The Labute approximate surface area is 94.8 Å². The van der Waals surface area contributed by atoms with Crippen LogP contribution in [0.2, 0.25) is 5.02 Å². The highest BCUT2D eigenvalue weighted by Gasteiger charge is 2.26. The molecule has 0 aromatic heterocycles. The molecule has 2 nitrogen and oxygen atoms in total. The Bertz CT molecular complexity index is 376. The van der Waals surface area contributed by atoms with E-state index in [-0.39, 0.29) is 0 Å². The summed E-state index contributed by atoms with van der Waals surface area (Å²) in [4.78, 5) is 2.44. The van der Waals surface area contributed by atoms with E-state index >= 15 is 0 Å². The Morgan fingerprint density at radius 3 is 3.00 bits per heavy atom. The molecule has 0 amide bonds. The summed E-state index contributed by atoms with van der Waals surface area (Å²) in [7, 11) is 0. The zero-order valence-electron chi connectivity index (χ0n) is 8.58. The van der Waals surface area contributed by atoms with Gasteiger partial charge >= 0.3 is 0 Å². The lowest BCUT2D eigenvalue weighted by molar-refractivity contribution is -0.0274. The highest BCUT2D eigenvalue weighted by atomic mass is 35.5. The van der Waals surface area contributed by atoms with Gasteiger partial charge in [-0.25, -0.2) is 0 Å². The smallest absolute Gasteiger partial charge is 0.0533 e. The summed E-state index contributed by atoms with van der Waals surface area (Å²) in [6.45, 7) is 4.07. The SMILES string of the molecule is Clc1cccc2c1CCN2CC1COC1. The van der Waals surface area contributed by atoms with Gasteiger partial charge in [0.2, 0.25) is 0 Å². The maximum Gasteiger partial charge on any atom is 0.0533 e. The Morgan fingerprint density at radius 1 is 1.40 bits per heavy atom. The van der Waals surface area contributed by atoms with Gasteiger partial charge in [-0.05, 0) is 24.1 Å². The van der Waals surface area contributed by atoms with Crippen molar-refractivity contribution in [3.05, 3.63) is 28.8 Å². The number of benzene rings is 1. The molecule has 2 heterocycles. The average Bonchev–Trinajstić information content (AvgIpc) is 2.56. The molecule has 0 aliphatic carbocycles. The number of anilines is 1. The quantitative estimate of drug-likeness (QED) is 0.763. The van der Waals surface area contributed by atoms with E-state index in [4.69, 9.17) is 16.3 Å². The van der Waals surface area contributed by atoms with Crippen molar-refractivity contribution in [3.8, 4) is 0 Å². The number of nitrogens with zero attached hydrogens (tertiary/aromatic N) is 1. The molecular weight excluding hydrogens is 210 g/mol. The molecule has 3 heteroatoms. The summed E-state index contributed by atoms with van der Waals surface area (Å²) in [5, 5.41) is 0.917. The lowest BCUT2D eigenvalue weighted by Gasteiger charge is -2.31. The third-order valence-electron chi connectivity index (χ3n) is 3.25. The van der Waals surface area contributed by atoms with Crippen molar-refractivity contribution < 1.29 is 4.74 Å². The second-order valence-electron chi connectivity index (χ2n) is 4.34. The molecule has 1 fully saturated rings. The van der Waals surface area contributed by atoms with E-state index in [1.807, 2.05) is 12.1 Å². The Balaban J connectivity index is 1.81. The van der Waals surface area contributed by atoms with E-state index in [1.165, 1.54) is 11.3 Å². The molecule has 1 aromatic carbocycles. The fourth-order valence-electron chi connectivity index (χ4n) is 2.35. The van der Waals surface area contributed by atoms with Gasteiger partial charge in [-0.2, -0.15) is 0 Å². The third-order valence-corrected chi connectivity index (χ3v) is 3.61. The third kappa shape index (κ3) is 1.62. The van der Waals surface area contributed by atoms with E-state index < -0.39 is 0 Å². The first-order chi connectivity index (χ1) is 7.34. The molecule has 80 valence electrons. The van der Waals surface area contributed by atoms with Crippen LogP contribution in [0.3, 0.4) is 0 Å². The molecule has 1 aromatic rings. The fraction of sp³-hybridized carbons (Fsp3) is 0.500. The van der Waals surface area contributed by atoms with E-state index in [0.717, 1.165) is 43.7 Å². The molecule has 0 atom stereocenters. The largest absolute Gasteiger partial charge is 0.381 e. The van der Waals surface area contributed by atoms with Crippen molar-refractivity contribution >= 4 is 17.3 Å². The molecule has 0 N–H and O–H groups in total. The fourth-order valence-corrected chi connectivity index (χ4v) is 2.61. The molecule has 0 spiro atoms. The standard InChI is InChI=1S/C12H14ClNO/c13-11-2-1-3-12-10(11)4-5-14(12)6-9-7-15-8-9/h1-3,9H,4-8H2. The van der Waals surface area contributed by atoms with E-state index in [1.54, 1.807) is 0 Å². The van der Waals surface area contributed by atoms with Crippen LogP contribution in [0.4, 0.5) is 5.69 Å². The molecule has 1 saturated heterocycles. The van der Waals surface area contributed by atoms with Gasteiger partial charge in [0.25, 0.3) is 0 Å². The minimum atomic E-state index is 0.718. The highest BCUT2D eigenvalue weighted by Crippen LogP contribution is 2.34. The predicted octanol–water partition coefficient (Wildman–Crippen LogP) is 2.35. The predicted molar refractivity (Wildman–Crippen MR) is 61.7 cm³/mol. The van der Waals surface area contributed by atoms with Gasteiger partial charge < -0.3 is 9.64 Å². The van der Waals surface area contributed by atoms with Gasteiger partial charge in [0.1, 0.15) is 0 Å². The summed E-state index contributed by atoms with van der Waals surface area (Å²) in [6.07, 6.45) is 1.09. The van der Waals surface area contributed by atoms with Crippen molar-refractivity contribution in [2.24, 2.45) is 5.92 Å². The second-order valence-corrected chi connectivity index (χ2v) is 4.74. The molecule has 0 unspecified atom stereocenters. The van der Waals surface area contributed by atoms with Crippen LogP contribution in [-0.2, 0) is 11.2 Å². The van der Waals surface area contributed by atoms with Crippen LogP contribution in [0.5, 0.6) is 0 Å². The average molecular weight is 224 g/mol. The molecule has 2 aliphatic heterocycles. The molecule has 15 heavy (non-hydrogen) atoms. The van der Waals surface area contributed by atoms with Gasteiger partial charge in [0, 0.05) is 29.7 Å². The van der Waals surface area contributed by atoms with Crippen molar-refractivity contribution in [2.45, 2.75) is 6.42 Å². The lowest BCUT2D eigenvalue weighted by atomic mass is 10.1. The van der Waals surface area contributed by atoms with Crippen molar-refractivity contribution in [2.75, 3.05) is 31.2 Å². The summed E-state index contributed by atoms with van der Waals surface area (Å²) in [5.41, 5.74) is 2.65. The van der Waals surface area contributed by atoms with Crippen molar-refractivity contribution in [1.82, 2.24) is 0 Å². The number of hydrogen-bond donors (Lipinski definition) is 0. The zero-order chi connectivity index (χ0) is 10.3. The number of rotatable bonds is 2. The van der Waals surface area contributed by atoms with Crippen LogP contribution < -0.4 is 4.90 Å². The van der Waals surface area contributed by atoms with Crippen molar-refractivity contribution in [1.29, 1.82) is 0 Å². The first-order valence-corrected chi connectivity index (χ1v) is 5.82. The summed E-state index contributed by atoms with van der Waals surface area (Å²) >= 11 is 6.17. The van der Waals surface area contributed by atoms with Gasteiger partial charge in [-0.1, -0.05) is 17.7 Å². The second kappa shape index (κ2) is 3.69. The summed E-state index contributed by atoms with van der Waals surface area (Å²) in [6, 6.07) is 6.20. The van der Waals surface area contributed by atoms with Crippen LogP contribution in [0.1, 0.15) is 5.56 Å². The Kier molecular flexibility index (Phi) is 2.33. The van der Waals surface area contributed by atoms with E-state index in [9.17, 15) is 0 Å². The maximum absolute atomic E-state index is 6.17. The Hall–Kier alpha value is -0.730. The topological polar surface area (TPSA) is 12.5 Å². The van der Waals surface area contributed by atoms with Gasteiger partial charge in [-0.15, -0.1) is 0 Å². The van der Waals surface area contributed by atoms with Gasteiger partial charge in [0.05, 0.1) is 13.2 Å². The van der Waals surface area contributed by atoms with E-state index in [2.05, 4.69) is 11.0 Å². The van der Waals surface area contributed by atoms with Crippen LogP contribution in [0.15, 0.2) is 18.2 Å². The molecule has 3 rings (SSSR count). The monoisotopic (exact) mass is 223 g/mol. The number of halogens is 1. The molecule has 0 saturated carbocycles. The molecule has 0 radical (unpaired) electrons. The number of fused-ring (bicyclic) bond motifs is 1. The number of ether oxygens (including phenoxy) is 1. The van der Waals surface area contributed by atoms with Crippen LogP contribution >= 0.6 is 11.6 Å². The van der Waals surface area contributed by atoms with Gasteiger partial charge in [0.15, 0.2) is 0 Å². The molecule has 0 bridgehead atoms. The number of hydrogen-bond acceptors (Lipinski definition) is 2. The van der Waals surface area contributed by atoms with Crippen LogP contribution in [-0.4, -0.2) is 26.3 Å². The first kappa shape index (κ1) is 9.49. The Morgan fingerprint density at radius 2 is 2.27 bits per heavy atom. The van der Waals surface area contributed by atoms with Crippen LogP contribution in [0.25, 0.3) is 0 Å².